The van der Waals surface area contributed by atoms with E-state index >= 15 is 0 Å². The third-order valence-corrected chi connectivity index (χ3v) is 6.31. The third-order valence-electron chi connectivity index (χ3n) is 6.31. The molecule has 2 atom stereocenters. The smallest absolute Gasteiger partial charge is 0.326 e. The van der Waals surface area contributed by atoms with Gasteiger partial charge in [-0.3, -0.25) is 40.9 Å². The molecule has 16 heteroatoms. The van der Waals surface area contributed by atoms with Gasteiger partial charge in [-0.05, 0) is 77.3 Å². The van der Waals surface area contributed by atoms with Crippen LogP contribution in [-0.2, 0) is 27.5 Å². The molecular weight excluding hydrogens is 644 g/mol. The van der Waals surface area contributed by atoms with Crippen LogP contribution in [0.3, 0.4) is 0 Å². The highest BCUT2D eigenvalue weighted by Crippen LogP contribution is 2.18. The number of carbonyl (C=O) groups is 2. The van der Waals surface area contributed by atoms with Crippen molar-refractivity contribution >= 4 is 73.2 Å². The van der Waals surface area contributed by atoms with Crippen molar-refractivity contribution in [2.24, 2.45) is 21.5 Å². The molecule has 0 radical (unpaired) electrons. The molecule has 1 aromatic rings. The van der Waals surface area contributed by atoms with E-state index in [0.717, 1.165) is 30.4 Å². The minimum atomic E-state index is -1.12. The van der Waals surface area contributed by atoms with E-state index in [2.05, 4.69) is 9.98 Å². The molecule has 0 aliphatic heterocycles. The number of hydrogen-bond donors (Lipinski definition) is 6. The highest BCUT2D eigenvalue weighted by Gasteiger charge is 2.31. The first kappa shape index (κ1) is 48.0. The van der Waals surface area contributed by atoms with Crippen LogP contribution in [0.1, 0.15) is 77.3 Å². The zero-order valence-corrected chi connectivity index (χ0v) is 28.9. The molecule has 1 amide bonds. The summed E-state index contributed by atoms with van der Waals surface area (Å²) < 4.78 is 5.49. The van der Waals surface area contributed by atoms with Gasteiger partial charge in [-0.2, -0.15) is 0 Å². The lowest BCUT2D eigenvalue weighted by Gasteiger charge is -2.29. The molecule has 0 saturated carbocycles. The first-order valence-electron chi connectivity index (χ1n) is 13.2. The summed E-state index contributed by atoms with van der Waals surface area (Å²) in [5.74, 6) is 0.234. The lowest BCUT2D eigenvalue weighted by Crippen LogP contribution is -2.51. The molecule has 0 aliphatic rings. The average Bonchev–Trinajstić information content (AvgIpc) is 2.90. The Morgan fingerprint density at radius 2 is 1.33 bits per heavy atom. The number of hydrogen-bond acceptors (Lipinski definition) is 9. The van der Waals surface area contributed by atoms with E-state index in [1.165, 1.54) is 0 Å². The van der Waals surface area contributed by atoms with Gasteiger partial charge in [-0.1, -0.05) is 24.3 Å². The van der Waals surface area contributed by atoms with Gasteiger partial charge in [0.25, 0.3) is 0 Å². The lowest BCUT2D eigenvalue weighted by atomic mass is 9.94. The van der Waals surface area contributed by atoms with Crippen LogP contribution in [0.2, 0.25) is 0 Å². The van der Waals surface area contributed by atoms with Crippen molar-refractivity contribution in [1.29, 1.82) is 0 Å². The number of benzene rings is 1. The SMILES string of the molecule is CC(=NCCCCC(C)(N)C(=O)OCc1cccc(CN(C)C(=O)C(C)(N)CCCCN=C(C)NO)c1)NO.Cl.Cl.Cl.Cl. The minimum Gasteiger partial charge on any atom is -0.459 e. The number of likely N-dealkylation sites (N-methyl/N-ethyl adjacent to an activating group) is 1. The second kappa shape index (κ2) is 24.4. The Morgan fingerprint density at radius 3 is 1.81 bits per heavy atom. The zero-order valence-electron chi connectivity index (χ0n) is 25.6. The van der Waals surface area contributed by atoms with Crippen molar-refractivity contribution < 1.29 is 24.7 Å². The van der Waals surface area contributed by atoms with Crippen LogP contribution in [-0.4, -0.2) is 70.1 Å². The van der Waals surface area contributed by atoms with Crippen LogP contribution in [0.25, 0.3) is 0 Å². The van der Waals surface area contributed by atoms with E-state index in [4.69, 9.17) is 26.6 Å². The highest BCUT2D eigenvalue weighted by atomic mass is 35.5. The van der Waals surface area contributed by atoms with Crippen LogP contribution < -0.4 is 22.4 Å². The van der Waals surface area contributed by atoms with Crippen molar-refractivity contribution in [1.82, 2.24) is 15.9 Å². The predicted octanol–water partition coefficient (Wildman–Crippen LogP) is 3.95. The third kappa shape index (κ3) is 19.2. The monoisotopic (exact) mass is 693 g/mol. The van der Waals surface area contributed by atoms with Gasteiger partial charge in [0.2, 0.25) is 5.91 Å². The summed E-state index contributed by atoms with van der Waals surface area (Å²) in [4.78, 5) is 35.4. The van der Waals surface area contributed by atoms with Gasteiger partial charge >= 0.3 is 5.97 Å². The van der Waals surface area contributed by atoms with E-state index in [-0.39, 0.29) is 62.1 Å². The van der Waals surface area contributed by atoms with Crippen molar-refractivity contribution in [3.63, 3.8) is 0 Å². The molecule has 0 bridgehead atoms. The molecule has 1 rings (SSSR count). The number of hydroxylamine groups is 2. The van der Waals surface area contributed by atoms with Crippen LogP contribution >= 0.6 is 49.6 Å². The number of halogens is 4. The molecule has 0 aliphatic carbocycles. The second-order valence-corrected chi connectivity index (χ2v) is 10.5. The minimum absolute atomic E-state index is 0. The fraction of sp³-hybridized carbons (Fsp3) is 0.630. The summed E-state index contributed by atoms with van der Waals surface area (Å²) in [6, 6.07) is 7.50. The molecule has 1 aromatic carbocycles. The van der Waals surface area contributed by atoms with E-state index in [0.29, 0.717) is 50.6 Å². The maximum atomic E-state index is 13.0. The number of amidine groups is 2. The van der Waals surface area contributed by atoms with E-state index in [1.54, 1.807) is 39.6 Å². The number of nitrogens with one attached hydrogen (secondary N) is 2. The quantitative estimate of drug-likeness (QED) is 0.0490. The number of rotatable bonds is 16. The van der Waals surface area contributed by atoms with E-state index < -0.39 is 17.0 Å². The van der Waals surface area contributed by atoms with Gasteiger partial charge in [0.05, 0.1) is 5.54 Å². The van der Waals surface area contributed by atoms with Crippen molar-refractivity contribution in [2.45, 2.75) is 90.4 Å². The van der Waals surface area contributed by atoms with Crippen LogP contribution in [0.4, 0.5) is 0 Å². The molecular formula is C27H51Cl4N7O5. The Kier molecular flexibility index (Phi) is 27.3. The summed E-state index contributed by atoms with van der Waals surface area (Å²) in [5, 5.41) is 17.5. The number of unbranched alkanes of at least 4 members (excludes halogenated alkanes) is 2. The number of carbonyl (C=O) groups excluding carboxylic acids is 2. The second-order valence-electron chi connectivity index (χ2n) is 10.5. The van der Waals surface area contributed by atoms with Gasteiger partial charge in [-0.25, -0.2) is 0 Å². The first-order valence-corrected chi connectivity index (χ1v) is 13.2. The molecule has 0 aromatic heterocycles. The Labute approximate surface area is 280 Å². The highest BCUT2D eigenvalue weighted by molar-refractivity contribution is 5.86. The van der Waals surface area contributed by atoms with Gasteiger partial charge < -0.3 is 21.1 Å². The maximum absolute atomic E-state index is 13.0. The van der Waals surface area contributed by atoms with Crippen LogP contribution in [0, 0.1) is 0 Å². The molecule has 43 heavy (non-hydrogen) atoms. The maximum Gasteiger partial charge on any atom is 0.326 e. The lowest BCUT2D eigenvalue weighted by molar-refractivity contribution is -0.151. The number of nitrogens with zero attached hydrogens (tertiary/aromatic N) is 3. The molecule has 0 heterocycles. The number of esters is 1. The van der Waals surface area contributed by atoms with Crippen molar-refractivity contribution in [3.05, 3.63) is 35.4 Å². The normalized spacial score (nSPS) is 13.8. The molecule has 0 spiro atoms. The van der Waals surface area contributed by atoms with Gasteiger partial charge in [-0.15, -0.1) is 49.6 Å². The Bertz CT molecular complexity index is 998. The average molecular weight is 696 g/mol. The summed E-state index contributed by atoms with van der Waals surface area (Å²) >= 11 is 0. The number of amides is 1. The molecule has 2 unspecified atom stereocenters. The van der Waals surface area contributed by atoms with Gasteiger partial charge in [0.1, 0.15) is 23.8 Å². The van der Waals surface area contributed by atoms with Crippen molar-refractivity contribution in [2.75, 3.05) is 20.1 Å². The molecule has 0 saturated heterocycles. The van der Waals surface area contributed by atoms with Crippen molar-refractivity contribution in [3.8, 4) is 0 Å². The number of aliphatic imine (C=N–C) groups is 2. The van der Waals surface area contributed by atoms with Gasteiger partial charge in [0.15, 0.2) is 0 Å². The Balaban J connectivity index is -0.00000190. The van der Waals surface area contributed by atoms with Crippen LogP contribution in [0.15, 0.2) is 34.3 Å². The summed E-state index contributed by atoms with van der Waals surface area (Å²) in [6.07, 6.45) is 3.86. The number of nitrogens with two attached hydrogens (primary N) is 2. The molecule has 12 nitrogen and oxygen atoms in total. The summed E-state index contributed by atoms with van der Waals surface area (Å²) in [7, 11) is 1.72. The predicted molar refractivity (Wildman–Crippen MR) is 180 cm³/mol. The summed E-state index contributed by atoms with van der Waals surface area (Å²) in [5.41, 5.74) is 16.1. The van der Waals surface area contributed by atoms with Gasteiger partial charge in [0, 0.05) is 26.7 Å². The molecule has 0 fully saturated rings. The van der Waals surface area contributed by atoms with E-state index in [1.807, 2.05) is 35.2 Å². The standard InChI is InChI=1S/C27H47N7O5.4ClH/c1-20(32-37)30-15-8-6-13-26(3,28)24(35)34(5)18-22-11-10-12-23(17-22)19-39-25(36)27(4,29)14-7-9-16-31-21(2)33-38;;;;/h10-12,17,37-38H,6-9,13-16,18-19,28-29H2,1-5H3,(H,30,32)(H,31,33);4*1H. The summed E-state index contributed by atoms with van der Waals surface area (Å²) in [6.45, 7) is 8.21. The Morgan fingerprint density at radius 1 is 0.860 bits per heavy atom. The Hall–Kier alpha value is -1.90. The fourth-order valence-electron chi connectivity index (χ4n) is 3.89. The fourth-order valence-corrected chi connectivity index (χ4v) is 3.89. The number of ether oxygens (including phenoxy) is 1. The van der Waals surface area contributed by atoms with Crippen LogP contribution in [0.5, 0.6) is 0 Å². The van der Waals surface area contributed by atoms with E-state index in [9.17, 15) is 9.59 Å². The molecule has 252 valence electrons. The first-order chi connectivity index (χ1) is 18.3. The molecule has 8 N–H and O–H groups in total. The zero-order chi connectivity index (χ0) is 29.5. The topological polar surface area (TPSA) is 188 Å². The largest absolute Gasteiger partial charge is 0.459 e.